The molecule has 1 aliphatic rings. The third kappa shape index (κ3) is 13.6. The van der Waals surface area contributed by atoms with E-state index in [1.807, 2.05) is 0 Å². The van der Waals surface area contributed by atoms with Gasteiger partial charge in [-0.15, -0.1) is 0 Å². The van der Waals surface area contributed by atoms with Gasteiger partial charge in [0.15, 0.2) is 6.29 Å². The molecule has 1 N–H and O–H groups in total. The largest absolute Gasteiger partial charge is 0.481 e. The maximum absolute atomic E-state index is 10.2. The Hall–Kier alpha value is -0.770. The molecule has 8 heteroatoms. The number of carboxylic acids is 1. The molecule has 0 radical (unpaired) electrons. The van der Waals surface area contributed by atoms with Crippen LogP contribution in [0.25, 0.3) is 0 Å². The minimum absolute atomic E-state index is 0.0157. The molecule has 1 unspecified atom stereocenters. The molecular weight excluding hydrogens is 320 g/mol. The number of ether oxygens (including phenoxy) is 6. The molecule has 8 nitrogen and oxygen atoms in total. The fourth-order valence-corrected chi connectivity index (χ4v) is 2.00. The summed E-state index contributed by atoms with van der Waals surface area (Å²) in [5, 5.41) is 8.41. The summed E-state index contributed by atoms with van der Waals surface area (Å²) in [6, 6.07) is 0. The molecule has 0 aliphatic carbocycles. The van der Waals surface area contributed by atoms with E-state index in [0.29, 0.717) is 52.9 Å². The number of hydrogen-bond acceptors (Lipinski definition) is 7. The van der Waals surface area contributed by atoms with Crippen molar-refractivity contribution in [3.63, 3.8) is 0 Å². The van der Waals surface area contributed by atoms with E-state index in [1.54, 1.807) is 0 Å². The highest BCUT2D eigenvalue weighted by Crippen LogP contribution is 2.13. The van der Waals surface area contributed by atoms with E-state index in [2.05, 4.69) is 0 Å². The Morgan fingerprint density at radius 1 is 0.833 bits per heavy atom. The van der Waals surface area contributed by atoms with Crippen molar-refractivity contribution in [1.82, 2.24) is 0 Å². The van der Waals surface area contributed by atoms with Gasteiger partial charge in [-0.2, -0.15) is 0 Å². The molecule has 0 amide bonds. The molecule has 142 valence electrons. The van der Waals surface area contributed by atoms with E-state index < -0.39 is 5.97 Å². The maximum atomic E-state index is 10.2. The van der Waals surface area contributed by atoms with Crippen LogP contribution in [0.4, 0.5) is 0 Å². The lowest BCUT2D eigenvalue weighted by atomic mass is 10.2. The average molecular weight is 350 g/mol. The first kappa shape index (κ1) is 21.3. The Morgan fingerprint density at radius 2 is 1.38 bits per heavy atom. The van der Waals surface area contributed by atoms with Gasteiger partial charge in [-0.25, -0.2) is 0 Å². The van der Waals surface area contributed by atoms with Crippen LogP contribution < -0.4 is 0 Å². The molecule has 1 atom stereocenters. The quantitative estimate of drug-likeness (QED) is 0.413. The van der Waals surface area contributed by atoms with Crippen LogP contribution in [-0.2, 0) is 33.2 Å². The number of carboxylic acid groups (broad SMARTS) is 1. The molecule has 1 saturated heterocycles. The Morgan fingerprint density at radius 3 is 1.88 bits per heavy atom. The fraction of sp³-hybridized carbons (Fsp3) is 0.938. The van der Waals surface area contributed by atoms with Crippen LogP contribution in [0.3, 0.4) is 0 Å². The molecule has 0 aromatic heterocycles. The maximum Gasteiger partial charge on any atom is 0.305 e. The summed E-state index contributed by atoms with van der Waals surface area (Å²) in [6.07, 6.45) is 3.20. The molecule has 0 saturated carbocycles. The van der Waals surface area contributed by atoms with Gasteiger partial charge in [0.2, 0.25) is 0 Å². The molecule has 1 heterocycles. The van der Waals surface area contributed by atoms with Crippen LogP contribution in [0.15, 0.2) is 0 Å². The van der Waals surface area contributed by atoms with Crippen molar-refractivity contribution in [2.75, 3.05) is 66.1 Å². The summed E-state index contributed by atoms with van der Waals surface area (Å²) < 4.78 is 32.1. The second kappa shape index (κ2) is 15.7. The predicted octanol–water partition coefficient (Wildman–Crippen LogP) is 1.07. The molecular formula is C16H30O8. The van der Waals surface area contributed by atoms with E-state index in [9.17, 15) is 4.79 Å². The minimum atomic E-state index is -0.861. The molecule has 0 bridgehead atoms. The van der Waals surface area contributed by atoms with E-state index in [-0.39, 0.29) is 19.3 Å². The lowest BCUT2D eigenvalue weighted by Gasteiger charge is -2.22. The van der Waals surface area contributed by atoms with Crippen molar-refractivity contribution in [2.45, 2.75) is 32.0 Å². The van der Waals surface area contributed by atoms with E-state index in [4.69, 9.17) is 33.5 Å². The van der Waals surface area contributed by atoms with Crippen LogP contribution in [-0.4, -0.2) is 83.4 Å². The Balaban J connectivity index is 1.68. The number of carbonyl (C=O) groups is 1. The lowest BCUT2D eigenvalue weighted by molar-refractivity contribution is -0.169. The molecule has 0 spiro atoms. The number of hydrogen-bond donors (Lipinski definition) is 1. The SMILES string of the molecule is O=C(O)CCOCCOCCOCCOCCOC1CCCCO1. The first-order valence-corrected chi connectivity index (χ1v) is 8.55. The smallest absolute Gasteiger partial charge is 0.305 e. The topological polar surface area (TPSA) is 92.7 Å². The summed E-state index contributed by atoms with van der Waals surface area (Å²) in [6.45, 7) is 4.89. The normalized spacial score (nSPS) is 17.9. The second-order valence-electron chi connectivity index (χ2n) is 5.26. The highest BCUT2D eigenvalue weighted by molar-refractivity contribution is 5.66. The van der Waals surface area contributed by atoms with Gasteiger partial charge in [-0.1, -0.05) is 0 Å². The first-order valence-electron chi connectivity index (χ1n) is 8.55. The Bertz CT molecular complexity index is 294. The third-order valence-corrected chi connectivity index (χ3v) is 3.25. The minimum Gasteiger partial charge on any atom is -0.481 e. The highest BCUT2D eigenvalue weighted by atomic mass is 16.7. The third-order valence-electron chi connectivity index (χ3n) is 3.25. The summed E-state index contributed by atoms with van der Waals surface area (Å²) >= 11 is 0. The zero-order chi connectivity index (χ0) is 17.3. The summed E-state index contributed by atoms with van der Waals surface area (Å²) in [4.78, 5) is 10.2. The molecule has 1 aliphatic heterocycles. The molecule has 1 fully saturated rings. The van der Waals surface area contributed by atoms with Crippen LogP contribution in [0.5, 0.6) is 0 Å². The first-order chi connectivity index (χ1) is 11.8. The van der Waals surface area contributed by atoms with E-state index in [1.165, 1.54) is 0 Å². The Kier molecular flexibility index (Phi) is 14.0. The highest BCUT2D eigenvalue weighted by Gasteiger charge is 2.13. The van der Waals surface area contributed by atoms with Crippen molar-refractivity contribution in [3.8, 4) is 0 Å². The Labute approximate surface area is 143 Å². The fourth-order valence-electron chi connectivity index (χ4n) is 2.00. The van der Waals surface area contributed by atoms with Crippen LogP contribution in [0.2, 0.25) is 0 Å². The van der Waals surface area contributed by atoms with Gasteiger partial charge in [-0.3, -0.25) is 4.79 Å². The summed E-state index contributed by atoms with van der Waals surface area (Å²) in [7, 11) is 0. The standard InChI is InChI=1S/C16H30O8/c17-15(18)4-6-19-7-8-20-9-10-21-11-12-22-13-14-24-16-3-1-2-5-23-16/h16H,1-14H2,(H,17,18). The molecule has 0 aromatic rings. The second-order valence-corrected chi connectivity index (χ2v) is 5.26. The van der Waals surface area contributed by atoms with E-state index >= 15 is 0 Å². The zero-order valence-electron chi connectivity index (χ0n) is 14.3. The van der Waals surface area contributed by atoms with Crippen LogP contribution >= 0.6 is 0 Å². The number of aliphatic carboxylic acids is 1. The lowest BCUT2D eigenvalue weighted by Crippen LogP contribution is -2.24. The summed E-state index contributed by atoms with van der Waals surface area (Å²) in [5.41, 5.74) is 0. The van der Waals surface area contributed by atoms with Gasteiger partial charge < -0.3 is 33.5 Å². The molecule has 24 heavy (non-hydrogen) atoms. The van der Waals surface area contributed by atoms with Gasteiger partial charge in [0, 0.05) is 6.61 Å². The zero-order valence-corrected chi connectivity index (χ0v) is 14.3. The van der Waals surface area contributed by atoms with Crippen molar-refractivity contribution in [3.05, 3.63) is 0 Å². The van der Waals surface area contributed by atoms with Gasteiger partial charge in [0.25, 0.3) is 0 Å². The van der Waals surface area contributed by atoms with Gasteiger partial charge >= 0.3 is 5.97 Å². The van der Waals surface area contributed by atoms with Crippen molar-refractivity contribution in [2.24, 2.45) is 0 Å². The summed E-state index contributed by atoms with van der Waals surface area (Å²) in [5.74, 6) is -0.861. The number of rotatable bonds is 16. The molecule has 0 aromatic carbocycles. The predicted molar refractivity (Wildman–Crippen MR) is 85.1 cm³/mol. The van der Waals surface area contributed by atoms with E-state index in [0.717, 1.165) is 25.9 Å². The molecule has 1 rings (SSSR count). The van der Waals surface area contributed by atoms with Crippen molar-refractivity contribution < 1.29 is 38.3 Å². The van der Waals surface area contributed by atoms with Gasteiger partial charge in [0.1, 0.15) is 0 Å². The van der Waals surface area contributed by atoms with Crippen molar-refractivity contribution in [1.29, 1.82) is 0 Å². The van der Waals surface area contributed by atoms with Crippen molar-refractivity contribution >= 4 is 5.97 Å². The van der Waals surface area contributed by atoms with Gasteiger partial charge in [0.05, 0.1) is 65.9 Å². The average Bonchev–Trinajstić information content (AvgIpc) is 2.59. The monoisotopic (exact) mass is 350 g/mol. The van der Waals surface area contributed by atoms with Crippen LogP contribution in [0, 0.1) is 0 Å². The van der Waals surface area contributed by atoms with Crippen LogP contribution in [0.1, 0.15) is 25.7 Å². The van der Waals surface area contributed by atoms with Gasteiger partial charge in [-0.05, 0) is 19.3 Å².